The highest BCUT2D eigenvalue weighted by molar-refractivity contribution is 5.88. The van der Waals surface area contributed by atoms with Crippen molar-refractivity contribution < 1.29 is 14.3 Å². The molecule has 3 aliphatic rings. The zero-order valence-corrected chi connectivity index (χ0v) is 17.8. The van der Waals surface area contributed by atoms with Crippen LogP contribution in [0.2, 0.25) is 0 Å². The molecule has 0 aliphatic carbocycles. The number of likely N-dealkylation sites (tertiary alicyclic amines) is 1. The van der Waals surface area contributed by atoms with Crippen LogP contribution in [-0.4, -0.2) is 85.2 Å². The van der Waals surface area contributed by atoms with Crippen molar-refractivity contribution in [1.29, 1.82) is 0 Å². The molecule has 3 aliphatic heterocycles. The Morgan fingerprint density at radius 3 is 2.57 bits per heavy atom. The van der Waals surface area contributed by atoms with Crippen LogP contribution >= 0.6 is 0 Å². The molecule has 1 aromatic rings. The van der Waals surface area contributed by atoms with Crippen LogP contribution in [0.1, 0.15) is 38.3 Å². The molecule has 2 amide bonds. The maximum absolute atomic E-state index is 12.5. The third kappa shape index (κ3) is 4.83. The van der Waals surface area contributed by atoms with Crippen molar-refractivity contribution in [2.75, 3.05) is 62.3 Å². The molecule has 0 radical (unpaired) electrons. The summed E-state index contributed by atoms with van der Waals surface area (Å²) in [4.78, 5) is 40.1. The van der Waals surface area contributed by atoms with Crippen molar-refractivity contribution in [3.63, 3.8) is 0 Å². The maximum Gasteiger partial charge on any atom is 0.242 e. The van der Waals surface area contributed by atoms with Crippen molar-refractivity contribution >= 4 is 23.6 Å². The molecule has 0 spiro atoms. The predicted molar refractivity (Wildman–Crippen MR) is 114 cm³/mol. The lowest BCUT2D eigenvalue weighted by atomic mass is 10.2. The van der Waals surface area contributed by atoms with E-state index in [0.717, 1.165) is 50.1 Å². The molecular weight excluding hydrogens is 384 g/mol. The van der Waals surface area contributed by atoms with Crippen LogP contribution in [0.4, 0.5) is 11.8 Å². The van der Waals surface area contributed by atoms with Crippen LogP contribution in [0.5, 0.6) is 0 Å². The van der Waals surface area contributed by atoms with Gasteiger partial charge in [-0.25, -0.2) is 4.98 Å². The van der Waals surface area contributed by atoms with Gasteiger partial charge < -0.3 is 24.8 Å². The maximum atomic E-state index is 12.5. The summed E-state index contributed by atoms with van der Waals surface area (Å²) in [6.07, 6.45) is 4.35. The molecule has 3 saturated heterocycles. The number of hydrogen-bond acceptors (Lipinski definition) is 7. The van der Waals surface area contributed by atoms with Gasteiger partial charge in [-0.1, -0.05) is 0 Å². The van der Waals surface area contributed by atoms with Crippen LogP contribution in [0.25, 0.3) is 0 Å². The molecule has 0 saturated carbocycles. The lowest BCUT2D eigenvalue weighted by molar-refractivity contribution is -0.136. The van der Waals surface area contributed by atoms with Gasteiger partial charge in [0.15, 0.2) is 0 Å². The van der Waals surface area contributed by atoms with Gasteiger partial charge in [0.25, 0.3) is 0 Å². The van der Waals surface area contributed by atoms with Gasteiger partial charge in [0.05, 0.1) is 13.2 Å². The monoisotopic (exact) mass is 416 g/mol. The standard InChI is InChI=1S/C21H32N6O3/c1-16(27-10-4-5-19(27)28)20(29)22-7-6-17-15-18(25-11-13-30-14-12-25)24-21(23-17)26-8-2-3-9-26/h15-16H,2-14H2,1H3,(H,22,29). The molecule has 30 heavy (non-hydrogen) atoms. The van der Waals surface area contributed by atoms with E-state index in [0.29, 0.717) is 39.1 Å². The van der Waals surface area contributed by atoms with Gasteiger partial charge in [0.1, 0.15) is 11.9 Å². The molecule has 4 heterocycles. The van der Waals surface area contributed by atoms with E-state index in [4.69, 9.17) is 14.7 Å². The fraction of sp³-hybridized carbons (Fsp3) is 0.714. The van der Waals surface area contributed by atoms with E-state index in [2.05, 4.69) is 15.1 Å². The Bertz CT molecular complexity index is 761. The van der Waals surface area contributed by atoms with Crippen molar-refractivity contribution in [2.45, 2.75) is 45.1 Å². The summed E-state index contributed by atoms with van der Waals surface area (Å²) in [7, 11) is 0. The minimum Gasteiger partial charge on any atom is -0.378 e. The molecule has 0 bridgehead atoms. The Labute approximate surface area is 177 Å². The molecule has 4 rings (SSSR count). The normalized spacial score (nSPS) is 20.7. The summed E-state index contributed by atoms with van der Waals surface area (Å²) in [6, 6.07) is 1.61. The topological polar surface area (TPSA) is 90.9 Å². The van der Waals surface area contributed by atoms with Crippen LogP contribution < -0.4 is 15.1 Å². The summed E-state index contributed by atoms with van der Waals surface area (Å²) in [6.45, 7) is 8.01. The van der Waals surface area contributed by atoms with Crippen molar-refractivity contribution in [1.82, 2.24) is 20.2 Å². The first-order valence-corrected chi connectivity index (χ1v) is 11.1. The minimum atomic E-state index is -0.422. The van der Waals surface area contributed by atoms with Gasteiger partial charge in [-0.3, -0.25) is 9.59 Å². The lowest BCUT2D eigenvalue weighted by Gasteiger charge is -2.29. The molecule has 1 unspecified atom stereocenters. The van der Waals surface area contributed by atoms with Crippen molar-refractivity contribution in [3.05, 3.63) is 11.8 Å². The molecule has 1 aromatic heterocycles. The van der Waals surface area contributed by atoms with Crippen LogP contribution in [0, 0.1) is 0 Å². The summed E-state index contributed by atoms with van der Waals surface area (Å²) in [5, 5.41) is 2.98. The number of rotatable bonds is 7. The minimum absolute atomic E-state index is 0.0684. The Kier molecular flexibility index (Phi) is 6.66. The number of morpholine rings is 1. The summed E-state index contributed by atoms with van der Waals surface area (Å²) >= 11 is 0. The summed E-state index contributed by atoms with van der Waals surface area (Å²) < 4.78 is 5.47. The molecular formula is C21H32N6O3. The van der Waals surface area contributed by atoms with E-state index in [1.165, 1.54) is 12.8 Å². The van der Waals surface area contributed by atoms with Gasteiger partial charge in [0, 0.05) is 63.9 Å². The van der Waals surface area contributed by atoms with Crippen LogP contribution in [0.15, 0.2) is 6.07 Å². The summed E-state index contributed by atoms with van der Waals surface area (Å²) in [5.41, 5.74) is 0.929. The average Bonchev–Trinajstić information content (AvgIpc) is 3.45. The third-order valence-corrected chi connectivity index (χ3v) is 6.12. The molecule has 9 nitrogen and oxygen atoms in total. The first-order valence-electron chi connectivity index (χ1n) is 11.1. The molecule has 3 fully saturated rings. The Hall–Kier alpha value is -2.42. The first kappa shape index (κ1) is 20.8. The highest BCUT2D eigenvalue weighted by atomic mass is 16.5. The van der Waals surface area contributed by atoms with Gasteiger partial charge in [-0.05, 0) is 26.2 Å². The van der Waals surface area contributed by atoms with Crippen LogP contribution in [0.3, 0.4) is 0 Å². The number of amides is 2. The third-order valence-electron chi connectivity index (χ3n) is 6.12. The Balaban J connectivity index is 1.40. The number of aromatic nitrogens is 2. The molecule has 9 heteroatoms. The molecule has 1 atom stereocenters. The smallest absolute Gasteiger partial charge is 0.242 e. The number of carbonyl (C=O) groups is 2. The fourth-order valence-electron chi connectivity index (χ4n) is 4.29. The molecule has 1 N–H and O–H groups in total. The Morgan fingerprint density at radius 1 is 1.10 bits per heavy atom. The first-order chi connectivity index (χ1) is 14.6. The largest absolute Gasteiger partial charge is 0.378 e. The van der Waals surface area contributed by atoms with Gasteiger partial charge in [-0.2, -0.15) is 4.98 Å². The van der Waals surface area contributed by atoms with Gasteiger partial charge in [-0.15, -0.1) is 0 Å². The number of nitrogens with one attached hydrogen (secondary N) is 1. The lowest BCUT2D eigenvalue weighted by Crippen LogP contribution is -2.46. The number of anilines is 2. The zero-order valence-electron chi connectivity index (χ0n) is 17.8. The van der Waals surface area contributed by atoms with Gasteiger partial charge in [0.2, 0.25) is 17.8 Å². The molecule has 0 aromatic carbocycles. The number of nitrogens with zero attached hydrogens (tertiary/aromatic N) is 5. The summed E-state index contributed by atoms with van der Waals surface area (Å²) in [5.74, 6) is 1.69. The number of carbonyl (C=O) groups excluding carboxylic acids is 2. The second-order valence-electron chi connectivity index (χ2n) is 8.22. The van der Waals surface area contributed by atoms with Crippen molar-refractivity contribution in [2.24, 2.45) is 0 Å². The SMILES string of the molecule is CC(C(=O)NCCc1cc(N2CCOCC2)nc(N2CCCC2)n1)N1CCCC1=O. The zero-order chi connectivity index (χ0) is 20.9. The van der Waals surface area contributed by atoms with E-state index in [9.17, 15) is 9.59 Å². The highest BCUT2D eigenvalue weighted by Crippen LogP contribution is 2.22. The van der Waals surface area contributed by atoms with Gasteiger partial charge >= 0.3 is 0 Å². The van der Waals surface area contributed by atoms with E-state index in [1.54, 1.807) is 11.8 Å². The van der Waals surface area contributed by atoms with E-state index >= 15 is 0 Å². The number of ether oxygens (including phenoxy) is 1. The fourth-order valence-corrected chi connectivity index (χ4v) is 4.29. The van der Waals surface area contributed by atoms with Crippen molar-refractivity contribution in [3.8, 4) is 0 Å². The van der Waals surface area contributed by atoms with E-state index in [1.807, 2.05) is 6.07 Å². The second kappa shape index (κ2) is 9.59. The highest BCUT2D eigenvalue weighted by Gasteiger charge is 2.29. The average molecular weight is 417 g/mol. The van der Waals surface area contributed by atoms with Crippen LogP contribution in [-0.2, 0) is 20.7 Å². The molecule has 164 valence electrons. The van der Waals surface area contributed by atoms with E-state index < -0.39 is 6.04 Å². The number of hydrogen-bond donors (Lipinski definition) is 1. The quantitative estimate of drug-likeness (QED) is 0.695. The van der Waals surface area contributed by atoms with E-state index in [-0.39, 0.29) is 11.8 Å². The predicted octanol–water partition coefficient (Wildman–Crippen LogP) is 0.583. The Morgan fingerprint density at radius 2 is 1.87 bits per heavy atom. The second-order valence-corrected chi connectivity index (χ2v) is 8.22.